The van der Waals surface area contributed by atoms with Gasteiger partial charge in [0.05, 0.1) is 17.2 Å². The van der Waals surface area contributed by atoms with E-state index >= 15 is 0 Å². The molecule has 0 aromatic heterocycles. The van der Waals surface area contributed by atoms with E-state index in [-0.39, 0.29) is 17.9 Å². The number of ether oxygens (including phenoxy) is 1. The van der Waals surface area contributed by atoms with E-state index in [1.165, 1.54) is 12.1 Å². The van der Waals surface area contributed by atoms with Crippen LogP contribution >= 0.6 is 0 Å². The number of hydrogen-bond donors (Lipinski definition) is 1. The van der Waals surface area contributed by atoms with Gasteiger partial charge in [-0.15, -0.1) is 0 Å². The Labute approximate surface area is 103 Å². The van der Waals surface area contributed by atoms with E-state index in [0.29, 0.717) is 6.54 Å². The Morgan fingerprint density at radius 1 is 1.39 bits per heavy atom. The van der Waals surface area contributed by atoms with E-state index in [2.05, 4.69) is 5.32 Å². The zero-order valence-corrected chi connectivity index (χ0v) is 9.84. The molecule has 98 valence electrons. The number of benzene rings is 1. The molecule has 6 heteroatoms. The summed E-state index contributed by atoms with van der Waals surface area (Å²) in [5.74, 6) is -0.251. The summed E-state index contributed by atoms with van der Waals surface area (Å²) in [7, 11) is 0. The van der Waals surface area contributed by atoms with Gasteiger partial charge < -0.3 is 10.1 Å². The van der Waals surface area contributed by atoms with Crippen molar-refractivity contribution in [1.29, 1.82) is 5.26 Å². The maximum Gasteiger partial charge on any atom is 0.420 e. The van der Waals surface area contributed by atoms with Gasteiger partial charge in [0, 0.05) is 6.54 Å². The van der Waals surface area contributed by atoms with Gasteiger partial charge in [-0.3, -0.25) is 0 Å². The first kappa shape index (κ1) is 14.3. The third-order valence-electron chi connectivity index (χ3n) is 2.20. The van der Waals surface area contributed by atoms with Crippen LogP contribution in [0.4, 0.5) is 13.2 Å². The molecule has 3 nitrogen and oxygen atoms in total. The van der Waals surface area contributed by atoms with Crippen LogP contribution in [0.15, 0.2) is 18.2 Å². The average Bonchev–Trinajstić information content (AvgIpc) is 2.33. The number of nitrogens with zero attached hydrogens (tertiary/aromatic N) is 1. The lowest BCUT2D eigenvalue weighted by molar-refractivity contribution is -0.138. The highest BCUT2D eigenvalue weighted by Crippen LogP contribution is 2.36. The maximum absolute atomic E-state index is 12.7. The fourth-order valence-electron chi connectivity index (χ4n) is 1.36. The van der Waals surface area contributed by atoms with E-state index in [1.807, 2.05) is 6.92 Å². The highest BCUT2D eigenvalue weighted by Gasteiger charge is 2.34. The molecule has 0 spiro atoms. The zero-order chi connectivity index (χ0) is 13.6. The molecule has 0 saturated carbocycles. The maximum atomic E-state index is 12.7. The van der Waals surface area contributed by atoms with Gasteiger partial charge in [-0.1, -0.05) is 6.92 Å². The van der Waals surface area contributed by atoms with Gasteiger partial charge in [0.15, 0.2) is 0 Å². The van der Waals surface area contributed by atoms with Gasteiger partial charge in [0.1, 0.15) is 12.4 Å². The van der Waals surface area contributed by atoms with Gasteiger partial charge >= 0.3 is 6.18 Å². The minimum Gasteiger partial charge on any atom is -0.492 e. The molecule has 0 saturated heterocycles. The topological polar surface area (TPSA) is 45.0 Å². The van der Waals surface area contributed by atoms with Crippen LogP contribution < -0.4 is 10.1 Å². The van der Waals surface area contributed by atoms with Crippen LogP contribution in [0.25, 0.3) is 0 Å². The van der Waals surface area contributed by atoms with Crippen molar-refractivity contribution in [2.75, 3.05) is 19.7 Å². The Morgan fingerprint density at radius 2 is 2.11 bits per heavy atom. The summed E-state index contributed by atoms with van der Waals surface area (Å²) in [6, 6.07) is 4.95. The first-order valence-corrected chi connectivity index (χ1v) is 5.44. The van der Waals surface area contributed by atoms with Gasteiger partial charge in [-0.25, -0.2) is 0 Å². The molecule has 0 amide bonds. The van der Waals surface area contributed by atoms with Crippen molar-refractivity contribution in [3.63, 3.8) is 0 Å². The lowest BCUT2D eigenvalue weighted by Gasteiger charge is -2.14. The van der Waals surface area contributed by atoms with Crippen molar-refractivity contribution < 1.29 is 17.9 Å². The number of likely N-dealkylation sites (N-methyl/N-ethyl adjacent to an activating group) is 1. The average molecular weight is 258 g/mol. The van der Waals surface area contributed by atoms with Crippen LogP contribution in [-0.4, -0.2) is 19.7 Å². The Balaban J connectivity index is 2.87. The third-order valence-corrected chi connectivity index (χ3v) is 2.20. The molecule has 0 radical (unpaired) electrons. The molecular weight excluding hydrogens is 245 g/mol. The largest absolute Gasteiger partial charge is 0.492 e. The first-order chi connectivity index (χ1) is 8.49. The van der Waals surface area contributed by atoms with E-state index in [0.717, 1.165) is 12.6 Å². The Kier molecular flexibility index (Phi) is 4.98. The van der Waals surface area contributed by atoms with Gasteiger partial charge in [-0.05, 0) is 24.7 Å². The molecule has 0 heterocycles. The molecule has 0 aliphatic carbocycles. The fourth-order valence-corrected chi connectivity index (χ4v) is 1.36. The van der Waals surface area contributed by atoms with Crippen molar-refractivity contribution in [2.45, 2.75) is 13.1 Å². The van der Waals surface area contributed by atoms with Gasteiger partial charge in [0.25, 0.3) is 0 Å². The molecule has 0 fully saturated rings. The van der Waals surface area contributed by atoms with Crippen molar-refractivity contribution in [3.8, 4) is 11.8 Å². The molecule has 0 aliphatic rings. The quantitative estimate of drug-likeness (QED) is 0.825. The Bertz CT molecular complexity index is 438. The number of nitrogens with one attached hydrogen (secondary N) is 1. The summed E-state index contributed by atoms with van der Waals surface area (Å²) in [5, 5.41) is 11.5. The van der Waals surface area contributed by atoms with Crippen LogP contribution in [0.2, 0.25) is 0 Å². The molecule has 0 unspecified atom stereocenters. The second-order valence-corrected chi connectivity index (χ2v) is 3.52. The lowest BCUT2D eigenvalue weighted by atomic mass is 10.1. The van der Waals surface area contributed by atoms with Crippen LogP contribution in [0.5, 0.6) is 5.75 Å². The highest BCUT2D eigenvalue weighted by molar-refractivity contribution is 5.43. The van der Waals surface area contributed by atoms with Crippen molar-refractivity contribution >= 4 is 0 Å². The normalized spacial score (nSPS) is 11.1. The van der Waals surface area contributed by atoms with Crippen molar-refractivity contribution in [3.05, 3.63) is 29.3 Å². The first-order valence-electron chi connectivity index (χ1n) is 5.44. The Hall–Kier alpha value is -1.74. The predicted molar refractivity (Wildman–Crippen MR) is 60.2 cm³/mol. The van der Waals surface area contributed by atoms with E-state index < -0.39 is 11.7 Å². The summed E-state index contributed by atoms with van der Waals surface area (Å²) in [5.41, 5.74) is -0.959. The minimum absolute atomic E-state index is 0.0404. The predicted octanol–water partition coefficient (Wildman–Crippen LogP) is 2.57. The van der Waals surface area contributed by atoms with E-state index in [4.69, 9.17) is 10.00 Å². The molecule has 1 rings (SSSR count). The van der Waals surface area contributed by atoms with E-state index in [1.54, 1.807) is 6.07 Å². The summed E-state index contributed by atoms with van der Waals surface area (Å²) >= 11 is 0. The Morgan fingerprint density at radius 3 is 2.67 bits per heavy atom. The molecule has 1 N–H and O–H groups in total. The second-order valence-electron chi connectivity index (χ2n) is 3.52. The summed E-state index contributed by atoms with van der Waals surface area (Å²) in [6.45, 7) is 3.22. The van der Waals surface area contributed by atoms with Crippen molar-refractivity contribution in [1.82, 2.24) is 5.32 Å². The SMILES string of the molecule is CCNCCOc1ccc(C#N)cc1C(F)(F)F. The van der Waals surface area contributed by atoms with Crippen LogP contribution in [-0.2, 0) is 6.18 Å². The fraction of sp³-hybridized carbons (Fsp3) is 0.417. The third kappa shape index (κ3) is 3.93. The standard InChI is InChI=1S/C12H13F3N2O/c1-2-17-5-6-18-11-4-3-9(8-16)7-10(11)12(13,14)15/h3-4,7,17H,2,5-6H2,1H3. The van der Waals surface area contributed by atoms with Crippen LogP contribution in [0, 0.1) is 11.3 Å². The number of hydrogen-bond acceptors (Lipinski definition) is 3. The molecule has 18 heavy (non-hydrogen) atoms. The molecule has 0 aliphatic heterocycles. The smallest absolute Gasteiger partial charge is 0.420 e. The monoisotopic (exact) mass is 258 g/mol. The highest BCUT2D eigenvalue weighted by atomic mass is 19.4. The zero-order valence-electron chi connectivity index (χ0n) is 9.84. The lowest BCUT2D eigenvalue weighted by Crippen LogP contribution is -2.21. The number of halogens is 3. The summed E-state index contributed by atoms with van der Waals surface area (Å²) in [6.07, 6.45) is -4.53. The number of alkyl halides is 3. The number of nitriles is 1. The molecule has 1 aromatic rings. The molecule has 0 atom stereocenters. The van der Waals surface area contributed by atoms with Crippen LogP contribution in [0.3, 0.4) is 0 Å². The van der Waals surface area contributed by atoms with Gasteiger partial charge in [-0.2, -0.15) is 18.4 Å². The summed E-state index contributed by atoms with van der Waals surface area (Å²) < 4.78 is 43.3. The van der Waals surface area contributed by atoms with Crippen LogP contribution in [0.1, 0.15) is 18.1 Å². The summed E-state index contributed by atoms with van der Waals surface area (Å²) in [4.78, 5) is 0. The molecule has 0 bridgehead atoms. The molecule has 1 aromatic carbocycles. The second kappa shape index (κ2) is 6.26. The number of rotatable bonds is 5. The minimum atomic E-state index is -4.53. The van der Waals surface area contributed by atoms with Gasteiger partial charge in [0.2, 0.25) is 0 Å². The van der Waals surface area contributed by atoms with E-state index in [9.17, 15) is 13.2 Å². The molecular formula is C12H13F3N2O. The van der Waals surface area contributed by atoms with Crippen molar-refractivity contribution in [2.24, 2.45) is 0 Å².